The van der Waals surface area contributed by atoms with Gasteiger partial charge in [0.05, 0.1) is 12.6 Å². The average Bonchev–Trinajstić information content (AvgIpc) is 3.26. The summed E-state index contributed by atoms with van der Waals surface area (Å²) in [7, 11) is 0. The average molecular weight is 521 g/mol. The lowest BCUT2D eigenvalue weighted by atomic mass is 9.92. The third-order valence-corrected chi connectivity index (χ3v) is 6.96. The van der Waals surface area contributed by atoms with Gasteiger partial charge in [-0.1, -0.05) is 48.5 Å². The zero-order valence-electron chi connectivity index (χ0n) is 22.6. The molecule has 3 atom stereocenters. The summed E-state index contributed by atoms with van der Waals surface area (Å²) >= 11 is 0. The Balaban J connectivity index is 1.42. The summed E-state index contributed by atoms with van der Waals surface area (Å²) < 4.78 is 6.01. The van der Waals surface area contributed by atoms with Gasteiger partial charge >= 0.3 is 0 Å². The van der Waals surface area contributed by atoms with Crippen molar-refractivity contribution in [2.45, 2.75) is 57.8 Å². The second kappa shape index (κ2) is 12.1. The number of carbonyl (C=O) groups excluding carboxylic acids is 2. The fourth-order valence-corrected chi connectivity index (χ4v) is 5.15. The molecule has 204 valence electrons. The van der Waals surface area contributed by atoms with Crippen molar-refractivity contribution in [3.63, 3.8) is 0 Å². The second-order valence-electron chi connectivity index (χ2n) is 11.4. The molecule has 0 spiro atoms. The summed E-state index contributed by atoms with van der Waals surface area (Å²) in [5.74, 6) is -0.121. The number of nitrogens with zero attached hydrogens (tertiary/aromatic N) is 2. The number of rotatable bonds is 10. The summed E-state index contributed by atoms with van der Waals surface area (Å²) in [5.41, 5.74) is 7.16. The largest absolute Gasteiger partial charge is 0.460 e. The normalized spacial score (nSPS) is 18.8. The number of nitrogens with two attached hydrogens (primary N) is 1. The van der Waals surface area contributed by atoms with Crippen molar-refractivity contribution < 1.29 is 19.1 Å². The van der Waals surface area contributed by atoms with Gasteiger partial charge < -0.3 is 20.6 Å². The van der Waals surface area contributed by atoms with Gasteiger partial charge in [-0.25, -0.2) is 0 Å². The second-order valence-corrected chi connectivity index (χ2v) is 11.4. The molecule has 0 aliphatic carbocycles. The van der Waals surface area contributed by atoms with Crippen LogP contribution >= 0.6 is 0 Å². The third kappa shape index (κ3) is 7.66. The number of nitrogens with one attached hydrogen (secondary N) is 1. The summed E-state index contributed by atoms with van der Waals surface area (Å²) in [4.78, 5) is 29.8. The SMILES string of the molecule is CC(C)(C)NC(=O)[C@@H]1CN(Cc2cc3ccccc3o2)CCN1C[C@@H](O)C[C@@H](Cc1ccccc1)C(N)=O. The van der Waals surface area contributed by atoms with Gasteiger partial charge in [-0.05, 0) is 51.3 Å². The number of β-amino-alcohol motifs (C(OH)–C–C–N with tert-alkyl or cyclic N) is 1. The fraction of sp³-hybridized carbons (Fsp3) is 0.467. The molecule has 3 aromatic rings. The van der Waals surface area contributed by atoms with E-state index in [-0.39, 0.29) is 17.9 Å². The highest BCUT2D eigenvalue weighted by Gasteiger charge is 2.35. The molecule has 2 heterocycles. The molecule has 1 aromatic heterocycles. The standard InChI is InChI=1S/C30H40N4O4/c1-30(2,3)32-29(37)26-20-33(19-25-17-22-11-7-8-12-27(22)38-25)13-14-34(26)18-24(35)16-23(28(31)36)15-21-9-5-4-6-10-21/h4-12,17,23-24,26,35H,13-16,18-20H2,1-3H3,(H2,31,36)(H,32,37)/t23-,24+,26+/m1/s1. The molecule has 0 saturated carbocycles. The Morgan fingerprint density at radius 1 is 1.11 bits per heavy atom. The monoisotopic (exact) mass is 520 g/mol. The number of aliphatic hydroxyl groups excluding tert-OH is 1. The Morgan fingerprint density at radius 2 is 1.82 bits per heavy atom. The lowest BCUT2D eigenvalue weighted by Crippen LogP contribution is -2.61. The molecule has 1 aliphatic rings. The number of hydrogen-bond acceptors (Lipinski definition) is 6. The summed E-state index contributed by atoms with van der Waals surface area (Å²) in [6, 6.07) is 19.2. The van der Waals surface area contributed by atoms with Gasteiger partial charge in [0.2, 0.25) is 11.8 Å². The smallest absolute Gasteiger partial charge is 0.239 e. The van der Waals surface area contributed by atoms with Crippen LogP contribution in [0, 0.1) is 5.92 Å². The molecular weight excluding hydrogens is 480 g/mol. The van der Waals surface area contributed by atoms with Crippen molar-refractivity contribution in [2.24, 2.45) is 11.7 Å². The van der Waals surface area contributed by atoms with E-state index in [2.05, 4.69) is 10.2 Å². The minimum Gasteiger partial charge on any atom is -0.460 e. The van der Waals surface area contributed by atoms with E-state index in [0.717, 1.165) is 28.8 Å². The van der Waals surface area contributed by atoms with Gasteiger partial charge in [-0.2, -0.15) is 0 Å². The van der Waals surface area contributed by atoms with E-state index in [9.17, 15) is 14.7 Å². The van der Waals surface area contributed by atoms with Crippen molar-refractivity contribution in [3.05, 3.63) is 72.0 Å². The molecule has 1 aliphatic heterocycles. The molecule has 1 saturated heterocycles. The Bertz CT molecular complexity index is 1190. The minimum absolute atomic E-state index is 0.0743. The maximum absolute atomic E-state index is 13.4. The zero-order valence-corrected chi connectivity index (χ0v) is 22.6. The number of fused-ring (bicyclic) bond motifs is 1. The molecule has 4 rings (SSSR count). The van der Waals surface area contributed by atoms with E-state index < -0.39 is 24.0 Å². The molecule has 8 nitrogen and oxygen atoms in total. The first-order chi connectivity index (χ1) is 18.1. The van der Waals surface area contributed by atoms with Crippen LogP contribution < -0.4 is 11.1 Å². The Kier molecular flexibility index (Phi) is 8.87. The first-order valence-electron chi connectivity index (χ1n) is 13.3. The first kappa shape index (κ1) is 27.8. The third-order valence-electron chi connectivity index (χ3n) is 6.96. The highest BCUT2D eigenvalue weighted by atomic mass is 16.3. The Labute approximate surface area is 224 Å². The predicted molar refractivity (Wildman–Crippen MR) is 148 cm³/mol. The lowest BCUT2D eigenvalue weighted by Gasteiger charge is -2.42. The van der Waals surface area contributed by atoms with Crippen molar-refractivity contribution in [1.29, 1.82) is 0 Å². The topological polar surface area (TPSA) is 112 Å². The minimum atomic E-state index is -0.789. The molecule has 0 bridgehead atoms. The molecule has 2 amide bonds. The predicted octanol–water partition coefficient (Wildman–Crippen LogP) is 2.93. The highest BCUT2D eigenvalue weighted by Crippen LogP contribution is 2.23. The highest BCUT2D eigenvalue weighted by molar-refractivity contribution is 5.83. The summed E-state index contributed by atoms with van der Waals surface area (Å²) in [6.07, 6.45) is -0.0631. The van der Waals surface area contributed by atoms with Crippen LogP contribution in [0.1, 0.15) is 38.5 Å². The molecule has 2 aromatic carbocycles. The Morgan fingerprint density at radius 3 is 2.50 bits per heavy atom. The number of carbonyl (C=O) groups is 2. The Hall–Kier alpha value is -3.20. The van der Waals surface area contributed by atoms with Crippen molar-refractivity contribution in [1.82, 2.24) is 15.1 Å². The summed E-state index contributed by atoms with van der Waals surface area (Å²) in [6.45, 7) is 8.62. The van der Waals surface area contributed by atoms with Gasteiger partial charge in [-0.3, -0.25) is 19.4 Å². The van der Waals surface area contributed by atoms with Gasteiger partial charge in [0.1, 0.15) is 17.4 Å². The number of amides is 2. The fourth-order valence-electron chi connectivity index (χ4n) is 5.15. The number of furan rings is 1. The number of hydrogen-bond donors (Lipinski definition) is 3. The van der Waals surface area contributed by atoms with Crippen LogP contribution in [0.3, 0.4) is 0 Å². The van der Waals surface area contributed by atoms with Crippen LogP contribution in [0.4, 0.5) is 0 Å². The molecule has 8 heteroatoms. The van der Waals surface area contributed by atoms with Gasteiger partial charge in [0, 0.05) is 43.0 Å². The van der Waals surface area contributed by atoms with E-state index >= 15 is 0 Å². The van der Waals surface area contributed by atoms with Crippen LogP contribution in [0.5, 0.6) is 0 Å². The van der Waals surface area contributed by atoms with Crippen LogP contribution in [-0.4, -0.2) is 70.6 Å². The van der Waals surface area contributed by atoms with Crippen LogP contribution in [0.25, 0.3) is 11.0 Å². The van der Waals surface area contributed by atoms with Crippen LogP contribution in [0.2, 0.25) is 0 Å². The van der Waals surface area contributed by atoms with Crippen LogP contribution in [-0.2, 0) is 22.6 Å². The van der Waals surface area contributed by atoms with E-state index in [1.165, 1.54) is 0 Å². The number of para-hydroxylation sites is 1. The number of piperazine rings is 1. The molecular formula is C30H40N4O4. The number of primary amides is 1. The molecule has 1 fully saturated rings. The van der Waals surface area contributed by atoms with Crippen molar-refractivity contribution >= 4 is 22.8 Å². The van der Waals surface area contributed by atoms with Gasteiger partial charge in [-0.15, -0.1) is 0 Å². The quantitative estimate of drug-likeness (QED) is 0.379. The van der Waals surface area contributed by atoms with Crippen molar-refractivity contribution in [3.8, 4) is 0 Å². The van der Waals surface area contributed by atoms with Gasteiger partial charge in [0.15, 0.2) is 0 Å². The number of aliphatic hydroxyl groups is 1. The first-order valence-corrected chi connectivity index (χ1v) is 13.3. The lowest BCUT2D eigenvalue weighted by molar-refractivity contribution is -0.132. The maximum atomic E-state index is 13.4. The van der Waals surface area contributed by atoms with E-state index in [0.29, 0.717) is 32.6 Å². The van der Waals surface area contributed by atoms with Crippen molar-refractivity contribution in [2.75, 3.05) is 26.2 Å². The molecule has 38 heavy (non-hydrogen) atoms. The zero-order chi connectivity index (χ0) is 27.3. The molecule has 0 unspecified atom stereocenters. The molecule has 0 radical (unpaired) electrons. The van der Waals surface area contributed by atoms with E-state index in [4.69, 9.17) is 10.2 Å². The van der Waals surface area contributed by atoms with Crippen LogP contribution in [0.15, 0.2) is 65.1 Å². The number of benzene rings is 2. The van der Waals surface area contributed by atoms with E-state index in [1.54, 1.807) is 0 Å². The maximum Gasteiger partial charge on any atom is 0.239 e. The molecule has 4 N–H and O–H groups in total. The summed E-state index contributed by atoms with van der Waals surface area (Å²) in [5, 5.41) is 15.2. The van der Waals surface area contributed by atoms with E-state index in [1.807, 2.05) is 86.3 Å². The van der Waals surface area contributed by atoms with Gasteiger partial charge in [0.25, 0.3) is 0 Å².